The number of hydrogen-bond acceptors (Lipinski definition) is 2. The van der Waals surface area contributed by atoms with E-state index in [9.17, 15) is 22.4 Å². The number of rotatable bonds is 6. The predicted molar refractivity (Wildman–Crippen MR) is 93.6 cm³/mol. The molecule has 2 rings (SSSR count). The molecule has 0 aliphatic rings. The number of hydrogen-bond donors (Lipinski definition) is 1. The van der Waals surface area contributed by atoms with Crippen LogP contribution in [0.25, 0.3) is 0 Å². The summed E-state index contributed by atoms with van der Waals surface area (Å²) in [6, 6.07) is 0. The van der Waals surface area contributed by atoms with Crippen LogP contribution in [0.15, 0.2) is 0 Å². The van der Waals surface area contributed by atoms with Crippen molar-refractivity contribution in [3.8, 4) is 0 Å². The monoisotopic (exact) mass is 405 g/mol. The van der Waals surface area contributed by atoms with E-state index in [0.717, 1.165) is 0 Å². The van der Waals surface area contributed by atoms with E-state index >= 15 is 0 Å². The van der Waals surface area contributed by atoms with Crippen molar-refractivity contribution in [2.45, 2.75) is 40.2 Å². The SMILES string of the molecule is CCc1nn(C)c(C(=O)NCc2c(F)c(F)c(CC(C)C)c(F)c2F)c1Cl. The molecule has 1 aromatic carbocycles. The van der Waals surface area contributed by atoms with E-state index in [1.165, 1.54) is 11.7 Å². The smallest absolute Gasteiger partial charge is 0.271 e. The maximum Gasteiger partial charge on any atom is 0.271 e. The summed E-state index contributed by atoms with van der Waals surface area (Å²) in [5, 5.41) is 6.41. The fraction of sp³-hybridized carbons (Fsp3) is 0.444. The Kier molecular flexibility index (Phi) is 6.51. The van der Waals surface area contributed by atoms with E-state index in [-0.39, 0.29) is 23.1 Å². The molecule has 0 aliphatic heterocycles. The standard InChI is InChI=1S/C18H20ClF4N3O/c1-5-11-12(19)17(26(4)25-11)18(27)24-7-10-15(22)13(20)9(6-8(2)3)14(21)16(10)23/h8H,5-7H2,1-4H3,(H,24,27). The molecule has 0 saturated carbocycles. The molecule has 2 aromatic rings. The number of aryl methyl sites for hydroxylation is 2. The minimum atomic E-state index is -1.52. The number of benzene rings is 1. The topological polar surface area (TPSA) is 46.9 Å². The fourth-order valence-corrected chi connectivity index (χ4v) is 3.12. The zero-order valence-corrected chi connectivity index (χ0v) is 16.1. The molecule has 4 nitrogen and oxygen atoms in total. The second kappa shape index (κ2) is 8.29. The average Bonchev–Trinajstić information content (AvgIpc) is 2.90. The molecule has 0 aliphatic carbocycles. The Morgan fingerprint density at radius 3 is 2.07 bits per heavy atom. The molecule has 0 bridgehead atoms. The van der Waals surface area contributed by atoms with Crippen LogP contribution in [0.1, 0.15) is 48.1 Å². The highest BCUT2D eigenvalue weighted by molar-refractivity contribution is 6.34. The molecule has 9 heteroatoms. The van der Waals surface area contributed by atoms with Gasteiger partial charge in [0, 0.05) is 24.7 Å². The molecule has 1 amide bonds. The number of nitrogens with zero attached hydrogens (tertiary/aromatic N) is 2. The Balaban J connectivity index is 2.31. The van der Waals surface area contributed by atoms with Gasteiger partial charge in [-0.2, -0.15) is 5.10 Å². The summed E-state index contributed by atoms with van der Waals surface area (Å²) in [6.45, 7) is 4.40. The maximum absolute atomic E-state index is 14.2. The third-order valence-corrected chi connectivity index (χ3v) is 4.49. The minimum Gasteiger partial charge on any atom is -0.346 e. The van der Waals surface area contributed by atoms with E-state index in [1.54, 1.807) is 20.8 Å². The van der Waals surface area contributed by atoms with Gasteiger partial charge in [0.15, 0.2) is 23.3 Å². The van der Waals surface area contributed by atoms with Crippen molar-refractivity contribution in [1.82, 2.24) is 15.1 Å². The number of amides is 1. The van der Waals surface area contributed by atoms with Crippen molar-refractivity contribution in [3.63, 3.8) is 0 Å². The molecule has 0 saturated heterocycles. The molecule has 27 heavy (non-hydrogen) atoms. The van der Waals surface area contributed by atoms with Gasteiger partial charge in [-0.05, 0) is 18.8 Å². The van der Waals surface area contributed by atoms with E-state index in [0.29, 0.717) is 12.1 Å². The Morgan fingerprint density at radius 2 is 1.63 bits per heavy atom. The van der Waals surface area contributed by atoms with Crippen LogP contribution in [0.3, 0.4) is 0 Å². The third kappa shape index (κ3) is 4.10. The number of aromatic nitrogens is 2. The lowest BCUT2D eigenvalue weighted by molar-refractivity contribution is 0.0940. The van der Waals surface area contributed by atoms with E-state index in [1.807, 2.05) is 0 Å². The second-order valence-electron chi connectivity index (χ2n) is 6.58. The molecule has 0 spiro atoms. The molecule has 0 unspecified atom stereocenters. The van der Waals surface area contributed by atoms with Gasteiger partial charge in [-0.15, -0.1) is 0 Å². The summed E-state index contributed by atoms with van der Waals surface area (Å²) < 4.78 is 58.0. The van der Waals surface area contributed by atoms with Crippen LogP contribution in [0.4, 0.5) is 17.6 Å². The summed E-state index contributed by atoms with van der Waals surface area (Å²) in [7, 11) is 1.49. The molecule has 1 aromatic heterocycles. The molecule has 1 N–H and O–H groups in total. The van der Waals surface area contributed by atoms with E-state index in [4.69, 9.17) is 11.6 Å². The number of nitrogens with one attached hydrogen (secondary N) is 1. The fourth-order valence-electron chi connectivity index (χ4n) is 2.74. The normalized spacial score (nSPS) is 11.3. The highest BCUT2D eigenvalue weighted by Gasteiger charge is 2.27. The summed E-state index contributed by atoms with van der Waals surface area (Å²) in [6.07, 6.45) is 0.333. The van der Waals surface area contributed by atoms with Crippen molar-refractivity contribution in [2.24, 2.45) is 13.0 Å². The van der Waals surface area contributed by atoms with Crippen LogP contribution < -0.4 is 5.32 Å². The first kappa shape index (κ1) is 21.2. The lowest BCUT2D eigenvalue weighted by Gasteiger charge is -2.14. The van der Waals surface area contributed by atoms with Crippen LogP contribution in [-0.4, -0.2) is 15.7 Å². The first-order valence-electron chi connectivity index (χ1n) is 8.43. The largest absolute Gasteiger partial charge is 0.346 e. The van der Waals surface area contributed by atoms with Gasteiger partial charge in [0.2, 0.25) is 0 Å². The van der Waals surface area contributed by atoms with Crippen molar-refractivity contribution in [3.05, 3.63) is 50.8 Å². The maximum atomic E-state index is 14.2. The van der Waals surface area contributed by atoms with E-state index < -0.39 is 46.8 Å². The Labute approximate surface area is 159 Å². The van der Waals surface area contributed by atoms with Gasteiger partial charge >= 0.3 is 0 Å². The van der Waals surface area contributed by atoms with Gasteiger partial charge in [0.25, 0.3) is 5.91 Å². The Hall–Kier alpha value is -2.09. The lowest BCUT2D eigenvalue weighted by atomic mass is 9.99. The summed E-state index contributed by atoms with van der Waals surface area (Å²) in [4.78, 5) is 12.3. The molecule has 148 valence electrons. The predicted octanol–water partition coefficient (Wildman–Crippen LogP) is 4.32. The quantitative estimate of drug-likeness (QED) is 0.574. The molecule has 1 heterocycles. The Morgan fingerprint density at radius 1 is 1.11 bits per heavy atom. The van der Waals surface area contributed by atoms with Crippen molar-refractivity contribution in [1.29, 1.82) is 0 Å². The van der Waals surface area contributed by atoms with Crippen LogP contribution in [0.5, 0.6) is 0 Å². The third-order valence-electron chi connectivity index (χ3n) is 4.09. The highest BCUT2D eigenvalue weighted by atomic mass is 35.5. The summed E-state index contributed by atoms with van der Waals surface area (Å²) in [5.74, 6) is -6.89. The zero-order valence-electron chi connectivity index (χ0n) is 15.4. The number of carbonyl (C=O) groups excluding carboxylic acids is 1. The first-order chi connectivity index (χ1) is 12.6. The lowest BCUT2D eigenvalue weighted by Crippen LogP contribution is -2.27. The van der Waals surface area contributed by atoms with Gasteiger partial charge in [0.1, 0.15) is 5.69 Å². The van der Waals surface area contributed by atoms with Crippen LogP contribution in [-0.2, 0) is 26.4 Å². The van der Waals surface area contributed by atoms with Gasteiger partial charge < -0.3 is 5.32 Å². The zero-order chi connectivity index (χ0) is 20.5. The van der Waals surface area contributed by atoms with Gasteiger partial charge in [-0.1, -0.05) is 32.4 Å². The van der Waals surface area contributed by atoms with Crippen molar-refractivity contribution < 1.29 is 22.4 Å². The van der Waals surface area contributed by atoms with E-state index in [2.05, 4.69) is 10.4 Å². The van der Waals surface area contributed by atoms with Crippen LogP contribution in [0, 0.1) is 29.2 Å². The van der Waals surface area contributed by atoms with Crippen LogP contribution >= 0.6 is 11.6 Å². The van der Waals surface area contributed by atoms with Crippen molar-refractivity contribution in [2.75, 3.05) is 0 Å². The van der Waals surface area contributed by atoms with Gasteiger partial charge in [0.05, 0.1) is 10.7 Å². The molecular weight excluding hydrogens is 386 g/mol. The van der Waals surface area contributed by atoms with Gasteiger partial charge in [-0.25, -0.2) is 17.6 Å². The van der Waals surface area contributed by atoms with Crippen LogP contribution in [0.2, 0.25) is 5.02 Å². The number of halogens is 5. The van der Waals surface area contributed by atoms with Gasteiger partial charge in [-0.3, -0.25) is 9.48 Å². The van der Waals surface area contributed by atoms with Crippen molar-refractivity contribution >= 4 is 17.5 Å². The molecule has 0 radical (unpaired) electrons. The minimum absolute atomic E-state index is 0.00768. The first-order valence-corrected chi connectivity index (χ1v) is 8.81. The molecule has 0 atom stereocenters. The average molecular weight is 406 g/mol. The summed E-state index contributed by atoms with van der Waals surface area (Å²) in [5.41, 5.74) is -1.05. The summed E-state index contributed by atoms with van der Waals surface area (Å²) >= 11 is 6.08. The molecule has 0 fully saturated rings. The Bertz CT molecular complexity index is 851. The molecular formula is C18H20ClF4N3O. The second-order valence-corrected chi connectivity index (χ2v) is 6.96. The highest BCUT2D eigenvalue weighted by Crippen LogP contribution is 2.26. The number of carbonyl (C=O) groups is 1.